The van der Waals surface area contributed by atoms with E-state index in [0.29, 0.717) is 24.7 Å². The maximum absolute atomic E-state index is 12.2. The average Bonchev–Trinajstić information content (AvgIpc) is 2.94. The molecule has 2 aromatic rings. The maximum Gasteiger partial charge on any atom is 0.343 e. The van der Waals surface area contributed by atoms with Crippen LogP contribution in [0.3, 0.4) is 0 Å². The van der Waals surface area contributed by atoms with Gasteiger partial charge < -0.3 is 10.1 Å². The van der Waals surface area contributed by atoms with Crippen molar-refractivity contribution in [2.75, 3.05) is 19.5 Å². The SMILES string of the molecule is COCCCn1c(SCC(=O)NC(C)c2ccc(Br)cc2)n[nH]c1=O. The van der Waals surface area contributed by atoms with E-state index in [1.807, 2.05) is 31.2 Å². The van der Waals surface area contributed by atoms with E-state index in [4.69, 9.17) is 4.74 Å². The fraction of sp³-hybridized carbons (Fsp3) is 0.438. The molecule has 0 spiro atoms. The third-order valence-electron chi connectivity index (χ3n) is 3.53. The second-order valence-corrected chi connectivity index (χ2v) is 7.30. The molecular weight excluding hydrogens is 408 g/mol. The van der Waals surface area contributed by atoms with Crippen LogP contribution in [0.5, 0.6) is 0 Å². The summed E-state index contributed by atoms with van der Waals surface area (Å²) >= 11 is 4.62. The molecule has 0 saturated carbocycles. The number of hydrogen-bond donors (Lipinski definition) is 2. The van der Waals surface area contributed by atoms with Crippen LogP contribution in [-0.2, 0) is 16.1 Å². The standard InChI is InChI=1S/C16H21BrN4O3S/c1-11(12-4-6-13(17)7-5-12)18-14(22)10-25-16-20-19-15(23)21(16)8-3-9-24-2/h4-7,11H,3,8-10H2,1-2H3,(H,18,22)(H,19,23). The molecule has 0 fully saturated rings. The normalized spacial score (nSPS) is 12.1. The lowest BCUT2D eigenvalue weighted by Crippen LogP contribution is -2.28. The summed E-state index contributed by atoms with van der Waals surface area (Å²) in [7, 11) is 1.62. The summed E-state index contributed by atoms with van der Waals surface area (Å²) in [6, 6.07) is 7.71. The van der Waals surface area contributed by atoms with Gasteiger partial charge >= 0.3 is 5.69 Å². The minimum absolute atomic E-state index is 0.0933. The summed E-state index contributed by atoms with van der Waals surface area (Å²) in [6.45, 7) is 3.00. The highest BCUT2D eigenvalue weighted by Crippen LogP contribution is 2.18. The quantitative estimate of drug-likeness (QED) is 0.472. The Hall–Kier alpha value is -1.58. The largest absolute Gasteiger partial charge is 0.385 e. The van der Waals surface area contributed by atoms with E-state index in [2.05, 4.69) is 31.4 Å². The number of aromatic amines is 1. The van der Waals surface area contributed by atoms with Crippen molar-refractivity contribution in [2.24, 2.45) is 0 Å². The fourth-order valence-corrected chi connectivity index (χ4v) is 3.27. The number of benzene rings is 1. The lowest BCUT2D eigenvalue weighted by atomic mass is 10.1. The molecule has 0 radical (unpaired) electrons. The van der Waals surface area contributed by atoms with Crippen LogP contribution >= 0.6 is 27.7 Å². The number of rotatable bonds is 9. The highest BCUT2D eigenvalue weighted by molar-refractivity contribution is 9.10. The van der Waals surface area contributed by atoms with E-state index in [1.54, 1.807) is 7.11 Å². The number of nitrogens with zero attached hydrogens (tertiary/aromatic N) is 2. The molecule has 1 unspecified atom stereocenters. The number of H-pyrrole nitrogens is 1. The van der Waals surface area contributed by atoms with E-state index in [9.17, 15) is 9.59 Å². The Morgan fingerprint density at radius 2 is 2.16 bits per heavy atom. The number of carbonyl (C=O) groups is 1. The van der Waals surface area contributed by atoms with Gasteiger partial charge in [-0.2, -0.15) is 0 Å². The third-order valence-corrected chi connectivity index (χ3v) is 5.04. The summed E-state index contributed by atoms with van der Waals surface area (Å²) in [5.74, 6) is 0.0782. The first kappa shape index (κ1) is 19.7. The molecule has 0 bridgehead atoms. The Morgan fingerprint density at radius 1 is 1.44 bits per heavy atom. The number of methoxy groups -OCH3 is 1. The number of amides is 1. The predicted molar refractivity (Wildman–Crippen MR) is 101 cm³/mol. The van der Waals surface area contributed by atoms with Gasteiger partial charge in [0.05, 0.1) is 11.8 Å². The molecule has 25 heavy (non-hydrogen) atoms. The molecule has 0 aliphatic heterocycles. The summed E-state index contributed by atoms with van der Waals surface area (Å²) in [4.78, 5) is 23.9. The molecule has 7 nitrogen and oxygen atoms in total. The minimum Gasteiger partial charge on any atom is -0.385 e. The van der Waals surface area contributed by atoms with Crippen LogP contribution in [-0.4, -0.2) is 40.1 Å². The van der Waals surface area contributed by atoms with Crippen LogP contribution in [0.4, 0.5) is 0 Å². The number of carbonyl (C=O) groups excluding carboxylic acids is 1. The van der Waals surface area contributed by atoms with Gasteiger partial charge in [-0.15, -0.1) is 5.10 Å². The monoisotopic (exact) mass is 428 g/mol. The van der Waals surface area contributed by atoms with Crippen molar-refractivity contribution in [3.8, 4) is 0 Å². The van der Waals surface area contributed by atoms with Crippen molar-refractivity contribution in [1.82, 2.24) is 20.1 Å². The van der Waals surface area contributed by atoms with Gasteiger partial charge in [0.15, 0.2) is 5.16 Å². The first-order valence-corrected chi connectivity index (χ1v) is 9.61. The zero-order valence-electron chi connectivity index (χ0n) is 14.1. The smallest absolute Gasteiger partial charge is 0.343 e. The molecule has 1 heterocycles. The van der Waals surface area contributed by atoms with Gasteiger partial charge in [0.25, 0.3) is 0 Å². The predicted octanol–water partition coefficient (Wildman–Crippen LogP) is 2.34. The number of aromatic nitrogens is 3. The summed E-state index contributed by atoms with van der Waals surface area (Å²) in [5.41, 5.74) is 0.750. The zero-order chi connectivity index (χ0) is 18.2. The number of halogens is 1. The first-order chi connectivity index (χ1) is 12.0. The van der Waals surface area contributed by atoms with Gasteiger partial charge in [-0.25, -0.2) is 9.89 Å². The molecule has 2 rings (SSSR count). The lowest BCUT2D eigenvalue weighted by Gasteiger charge is -2.14. The minimum atomic E-state index is -0.276. The first-order valence-electron chi connectivity index (χ1n) is 7.83. The Kier molecular flexibility index (Phi) is 7.73. The molecule has 1 aromatic carbocycles. The van der Waals surface area contributed by atoms with Gasteiger partial charge in [0.2, 0.25) is 5.91 Å². The summed E-state index contributed by atoms with van der Waals surface area (Å²) in [6.07, 6.45) is 0.705. The molecule has 0 saturated heterocycles. The number of hydrogen-bond acceptors (Lipinski definition) is 5. The Labute approximate surface area is 158 Å². The van der Waals surface area contributed by atoms with Crippen LogP contribution < -0.4 is 11.0 Å². The molecule has 0 aliphatic carbocycles. The number of thioether (sulfide) groups is 1. The zero-order valence-corrected chi connectivity index (χ0v) is 16.5. The average molecular weight is 429 g/mol. The van der Waals surface area contributed by atoms with E-state index >= 15 is 0 Å². The van der Waals surface area contributed by atoms with Crippen LogP contribution in [0.2, 0.25) is 0 Å². The van der Waals surface area contributed by atoms with Crippen LogP contribution in [0, 0.1) is 0 Å². The van der Waals surface area contributed by atoms with E-state index < -0.39 is 0 Å². The lowest BCUT2D eigenvalue weighted by molar-refractivity contribution is -0.119. The molecule has 0 aliphatic rings. The Balaban J connectivity index is 1.87. The molecule has 1 aromatic heterocycles. The summed E-state index contributed by atoms with van der Waals surface area (Å²) in [5, 5.41) is 9.85. The van der Waals surface area contributed by atoms with E-state index in [1.165, 1.54) is 16.3 Å². The molecule has 9 heteroatoms. The highest BCUT2D eigenvalue weighted by Gasteiger charge is 2.13. The number of ether oxygens (including phenoxy) is 1. The molecule has 136 valence electrons. The molecular formula is C16H21BrN4O3S. The fourth-order valence-electron chi connectivity index (χ4n) is 2.23. The van der Waals surface area contributed by atoms with Crippen molar-refractivity contribution in [3.63, 3.8) is 0 Å². The highest BCUT2D eigenvalue weighted by atomic mass is 79.9. The van der Waals surface area contributed by atoms with Gasteiger partial charge in [-0.05, 0) is 31.0 Å². The van der Waals surface area contributed by atoms with Crippen molar-refractivity contribution in [2.45, 2.75) is 31.1 Å². The van der Waals surface area contributed by atoms with Crippen molar-refractivity contribution >= 4 is 33.6 Å². The van der Waals surface area contributed by atoms with Crippen molar-refractivity contribution in [1.29, 1.82) is 0 Å². The molecule has 1 amide bonds. The van der Waals surface area contributed by atoms with Crippen molar-refractivity contribution in [3.05, 3.63) is 44.8 Å². The van der Waals surface area contributed by atoms with Gasteiger partial charge in [-0.3, -0.25) is 9.36 Å². The van der Waals surface area contributed by atoms with Gasteiger partial charge in [0.1, 0.15) is 0 Å². The number of nitrogens with one attached hydrogen (secondary N) is 2. The molecule has 2 N–H and O–H groups in total. The maximum atomic E-state index is 12.2. The Morgan fingerprint density at radius 3 is 2.84 bits per heavy atom. The van der Waals surface area contributed by atoms with Crippen LogP contribution in [0.25, 0.3) is 0 Å². The second kappa shape index (κ2) is 9.79. The second-order valence-electron chi connectivity index (χ2n) is 5.44. The van der Waals surface area contributed by atoms with Crippen molar-refractivity contribution < 1.29 is 9.53 Å². The van der Waals surface area contributed by atoms with Crippen LogP contribution in [0.1, 0.15) is 24.9 Å². The van der Waals surface area contributed by atoms with Crippen LogP contribution in [0.15, 0.2) is 38.7 Å². The summed E-state index contributed by atoms with van der Waals surface area (Å²) < 4.78 is 7.51. The molecule has 1 atom stereocenters. The van der Waals surface area contributed by atoms with Gasteiger partial charge in [-0.1, -0.05) is 39.8 Å². The van der Waals surface area contributed by atoms with E-state index in [0.717, 1.165) is 10.0 Å². The van der Waals surface area contributed by atoms with Gasteiger partial charge in [0, 0.05) is 24.7 Å². The topological polar surface area (TPSA) is 89.0 Å². The van der Waals surface area contributed by atoms with E-state index in [-0.39, 0.29) is 23.4 Å². The Bertz CT molecular complexity index is 745. The third kappa shape index (κ3) is 6.02.